The summed E-state index contributed by atoms with van der Waals surface area (Å²) in [7, 11) is -3.19. The van der Waals surface area contributed by atoms with E-state index in [1.165, 1.54) is 6.33 Å². The topological polar surface area (TPSA) is 114 Å². The zero-order chi connectivity index (χ0) is 17.4. The average molecular weight is 355 g/mol. The van der Waals surface area contributed by atoms with Gasteiger partial charge < -0.3 is 24.1 Å². The van der Waals surface area contributed by atoms with Crippen LogP contribution in [0.15, 0.2) is 12.7 Å². The third-order valence-electron chi connectivity index (χ3n) is 3.70. The van der Waals surface area contributed by atoms with Gasteiger partial charge in [-0.2, -0.15) is 0 Å². The molecule has 1 aliphatic heterocycles. The molecule has 3 heterocycles. The summed E-state index contributed by atoms with van der Waals surface area (Å²) in [6, 6.07) is 0. The lowest BCUT2D eigenvalue weighted by Crippen LogP contribution is -2.30. The Hall–Kier alpha value is -1.54. The summed E-state index contributed by atoms with van der Waals surface area (Å²) in [5.74, 6) is 0.336. The van der Waals surface area contributed by atoms with Crippen LogP contribution in [0, 0.1) is 5.41 Å². The molecule has 0 bridgehead atoms. The highest BCUT2D eigenvalue weighted by atomic mass is 31.2. The van der Waals surface area contributed by atoms with Gasteiger partial charge in [0.05, 0.1) is 32.2 Å². The van der Waals surface area contributed by atoms with Gasteiger partial charge in [0.1, 0.15) is 18.2 Å². The van der Waals surface area contributed by atoms with E-state index in [1.807, 2.05) is 25.3 Å². The first-order valence-electron chi connectivity index (χ1n) is 7.69. The van der Waals surface area contributed by atoms with Crippen molar-refractivity contribution >= 4 is 24.6 Å². The number of aromatic nitrogens is 4. The standard InChI is InChI=1S/C14H22N5O4P/c1-10(21-9-24(20)22-5-14(2,3)6-23-24)4-19-8-18-11-12(15)16-7-17-13(11)19/h7-8,10H,4-6,9H2,1-3H3,(H2,15,16,17)/t10-/m1/s1. The number of rotatable bonds is 5. The normalized spacial score (nSPS) is 21.0. The smallest absolute Gasteiger partial charge is 0.356 e. The van der Waals surface area contributed by atoms with Crippen molar-refractivity contribution < 1.29 is 18.3 Å². The van der Waals surface area contributed by atoms with E-state index in [2.05, 4.69) is 15.0 Å². The molecule has 0 spiro atoms. The largest absolute Gasteiger partial charge is 0.382 e. The van der Waals surface area contributed by atoms with Crippen LogP contribution in [-0.2, 0) is 24.9 Å². The second kappa shape index (κ2) is 6.40. The van der Waals surface area contributed by atoms with Gasteiger partial charge in [0, 0.05) is 5.41 Å². The van der Waals surface area contributed by atoms with Crippen molar-refractivity contribution in [2.45, 2.75) is 33.4 Å². The Morgan fingerprint density at radius 3 is 2.79 bits per heavy atom. The number of imidazole rings is 1. The predicted octanol–water partition coefficient (Wildman–Crippen LogP) is 2.04. The summed E-state index contributed by atoms with van der Waals surface area (Å²) in [5.41, 5.74) is 6.83. The molecule has 1 saturated heterocycles. The van der Waals surface area contributed by atoms with Crippen molar-refractivity contribution in [3.05, 3.63) is 12.7 Å². The number of nitrogens with zero attached hydrogens (tertiary/aromatic N) is 4. The van der Waals surface area contributed by atoms with Gasteiger partial charge in [0.15, 0.2) is 11.5 Å². The molecule has 132 valence electrons. The summed E-state index contributed by atoms with van der Waals surface area (Å²) in [5, 5.41) is 0. The molecule has 2 aromatic heterocycles. The second-order valence-corrected chi connectivity index (χ2v) is 8.75. The molecule has 24 heavy (non-hydrogen) atoms. The van der Waals surface area contributed by atoms with Gasteiger partial charge >= 0.3 is 7.60 Å². The summed E-state index contributed by atoms with van der Waals surface area (Å²) < 4.78 is 30.8. The summed E-state index contributed by atoms with van der Waals surface area (Å²) in [6.45, 7) is 7.14. The summed E-state index contributed by atoms with van der Waals surface area (Å²) >= 11 is 0. The highest BCUT2D eigenvalue weighted by molar-refractivity contribution is 7.53. The fourth-order valence-electron chi connectivity index (χ4n) is 2.28. The van der Waals surface area contributed by atoms with Gasteiger partial charge in [0.2, 0.25) is 0 Å². The Bertz CT molecular complexity index is 764. The van der Waals surface area contributed by atoms with E-state index in [0.29, 0.717) is 36.7 Å². The van der Waals surface area contributed by atoms with Crippen LogP contribution in [0.3, 0.4) is 0 Å². The lowest BCUT2D eigenvalue weighted by atomic mass is 9.97. The van der Waals surface area contributed by atoms with E-state index < -0.39 is 7.60 Å². The van der Waals surface area contributed by atoms with Crippen molar-refractivity contribution in [3.63, 3.8) is 0 Å². The molecule has 10 heteroatoms. The Labute approximate surface area is 140 Å². The molecule has 0 amide bonds. The summed E-state index contributed by atoms with van der Waals surface area (Å²) in [4.78, 5) is 12.3. The highest BCUT2D eigenvalue weighted by Crippen LogP contribution is 2.53. The monoisotopic (exact) mass is 355 g/mol. The lowest BCUT2D eigenvalue weighted by molar-refractivity contribution is 0.0138. The molecule has 1 atom stereocenters. The van der Waals surface area contributed by atoms with E-state index in [9.17, 15) is 4.57 Å². The SMILES string of the molecule is C[C@H](Cn1cnc2c(N)ncnc21)OCP1(=O)OCC(C)(C)CO1. The molecule has 0 aromatic carbocycles. The van der Waals surface area contributed by atoms with Gasteiger partial charge in [-0.1, -0.05) is 13.8 Å². The lowest BCUT2D eigenvalue weighted by Gasteiger charge is -2.34. The molecule has 3 rings (SSSR count). The number of nitrogens with two attached hydrogens (primary N) is 1. The molecule has 9 nitrogen and oxygen atoms in total. The minimum Gasteiger partial charge on any atom is -0.382 e. The van der Waals surface area contributed by atoms with Crippen LogP contribution in [0.5, 0.6) is 0 Å². The Morgan fingerprint density at radius 2 is 2.08 bits per heavy atom. The Kier molecular flexibility index (Phi) is 4.61. The van der Waals surface area contributed by atoms with E-state index in [0.717, 1.165) is 0 Å². The van der Waals surface area contributed by atoms with Crippen LogP contribution in [0.25, 0.3) is 11.2 Å². The van der Waals surface area contributed by atoms with Crippen LogP contribution >= 0.6 is 7.60 Å². The fraction of sp³-hybridized carbons (Fsp3) is 0.643. The molecular weight excluding hydrogens is 333 g/mol. The average Bonchev–Trinajstić information content (AvgIpc) is 2.94. The number of anilines is 1. The van der Waals surface area contributed by atoms with Gasteiger partial charge in [0.25, 0.3) is 0 Å². The van der Waals surface area contributed by atoms with Gasteiger partial charge in [-0.3, -0.25) is 4.57 Å². The van der Waals surface area contributed by atoms with Crippen molar-refractivity contribution in [3.8, 4) is 0 Å². The van der Waals surface area contributed by atoms with Crippen LogP contribution in [0.1, 0.15) is 20.8 Å². The maximum Gasteiger partial charge on any atom is 0.356 e. The zero-order valence-electron chi connectivity index (χ0n) is 14.0. The summed E-state index contributed by atoms with van der Waals surface area (Å²) in [6.07, 6.45) is 2.72. The van der Waals surface area contributed by atoms with Crippen LogP contribution in [0.4, 0.5) is 5.82 Å². The fourth-order valence-corrected chi connectivity index (χ4v) is 4.03. The van der Waals surface area contributed by atoms with E-state index in [4.69, 9.17) is 19.5 Å². The van der Waals surface area contributed by atoms with Crippen LogP contribution in [0.2, 0.25) is 0 Å². The van der Waals surface area contributed by atoms with E-state index in [1.54, 1.807) is 6.33 Å². The molecule has 2 aromatic rings. The first kappa shape index (κ1) is 17.3. The molecule has 0 unspecified atom stereocenters. The maximum absolute atomic E-state index is 12.5. The van der Waals surface area contributed by atoms with Crippen molar-refractivity contribution in [2.75, 3.05) is 25.3 Å². The third kappa shape index (κ3) is 3.75. The van der Waals surface area contributed by atoms with Gasteiger partial charge in [-0.05, 0) is 6.92 Å². The molecular formula is C14H22N5O4P. The molecule has 0 radical (unpaired) electrons. The first-order chi connectivity index (χ1) is 11.3. The van der Waals surface area contributed by atoms with Crippen LogP contribution in [-0.4, -0.2) is 45.2 Å². The predicted molar refractivity (Wildman–Crippen MR) is 88.4 cm³/mol. The van der Waals surface area contributed by atoms with Gasteiger partial charge in [-0.25, -0.2) is 15.0 Å². The molecule has 1 aliphatic rings. The van der Waals surface area contributed by atoms with E-state index in [-0.39, 0.29) is 17.9 Å². The van der Waals surface area contributed by atoms with E-state index >= 15 is 0 Å². The number of nitrogen functional groups attached to an aromatic ring is 1. The number of fused-ring (bicyclic) bond motifs is 1. The van der Waals surface area contributed by atoms with Gasteiger partial charge in [-0.15, -0.1) is 0 Å². The molecule has 0 saturated carbocycles. The highest BCUT2D eigenvalue weighted by Gasteiger charge is 2.37. The second-order valence-electron chi connectivity index (χ2n) is 6.76. The molecule has 2 N–H and O–H groups in total. The number of hydrogen-bond donors (Lipinski definition) is 1. The van der Waals surface area contributed by atoms with Crippen LogP contribution < -0.4 is 5.73 Å². The molecule has 0 aliphatic carbocycles. The number of hydrogen-bond acceptors (Lipinski definition) is 8. The molecule has 1 fully saturated rings. The van der Waals surface area contributed by atoms with Crippen molar-refractivity contribution in [1.29, 1.82) is 0 Å². The Balaban J connectivity index is 1.59. The Morgan fingerprint density at radius 1 is 1.38 bits per heavy atom. The zero-order valence-corrected chi connectivity index (χ0v) is 14.9. The first-order valence-corrected chi connectivity index (χ1v) is 9.42. The quantitative estimate of drug-likeness (QED) is 0.810. The third-order valence-corrected chi connectivity index (χ3v) is 5.21. The maximum atomic E-state index is 12.5. The minimum absolute atomic E-state index is 0.0754. The van der Waals surface area contributed by atoms with Crippen molar-refractivity contribution in [2.24, 2.45) is 5.41 Å². The minimum atomic E-state index is -3.19. The number of ether oxygens (including phenoxy) is 1. The van der Waals surface area contributed by atoms with Crippen molar-refractivity contribution in [1.82, 2.24) is 19.5 Å².